The van der Waals surface area contributed by atoms with Crippen LogP contribution in [0.15, 0.2) is 0 Å². The van der Waals surface area contributed by atoms with Gasteiger partial charge in [-0.25, -0.2) is 0 Å². The third kappa shape index (κ3) is 5.08. The highest BCUT2D eigenvalue weighted by Gasteiger charge is 2.26. The number of aldehydes is 1. The van der Waals surface area contributed by atoms with Gasteiger partial charge in [-0.05, 0) is 34.0 Å². The van der Waals surface area contributed by atoms with Gasteiger partial charge in [0.15, 0.2) is 0 Å². The van der Waals surface area contributed by atoms with Gasteiger partial charge < -0.3 is 9.69 Å². The molecule has 3 nitrogen and oxygen atoms in total. The zero-order valence-electron chi connectivity index (χ0n) is 11.8. The molecule has 0 fully saturated rings. The number of hydrogen-bond acceptors (Lipinski definition) is 3. The lowest BCUT2D eigenvalue weighted by Gasteiger charge is -2.35. The monoisotopic (exact) mass is 228 g/mol. The van der Waals surface area contributed by atoms with E-state index in [2.05, 4.69) is 44.7 Å². The van der Waals surface area contributed by atoms with Crippen molar-refractivity contribution in [3.05, 3.63) is 0 Å². The van der Waals surface area contributed by atoms with E-state index in [1.807, 2.05) is 6.92 Å². The summed E-state index contributed by atoms with van der Waals surface area (Å²) >= 11 is 0. The molecule has 0 rings (SSSR count). The lowest BCUT2D eigenvalue weighted by atomic mass is 9.88. The Morgan fingerprint density at radius 1 is 1.31 bits per heavy atom. The van der Waals surface area contributed by atoms with Crippen LogP contribution in [-0.2, 0) is 4.79 Å². The maximum absolute atomic E-state index is 11.1. The fraction of sp³-hybridized carbons (Fsp3) is 0.923. The molecule has 0 radical (unpaired) electrons. The Morgan fingerprint density at radius 2 is 1.88 bits per heavy atom. The van der Waals surface area contributed by atoms with Gasteiger partial charge in [-0.1, -0.05) is 20.8 Å². The highest BCUT2D eigenvalue weighted by Crippen LogP contribution is 2.20. The van der Waals surface area contributed by atoms with Crippen LogP contribution in [0.5, 0.6) is 0 Å². The lowest BCUT2D eigenvalue weighted by molar-refractivity contribution is -0.116. The zero-order valence-corrected chi connectivity index (χ0v) is 11.8. The first-order chi connectivity index (χ1) is 7.38. The minimum atomic E-state index is -0.198. The second-order valence-electron chi connectivity index (χ2n) is 5.30. The van der Waals surface area contributed by atoms with E-state index in [4.69, 9.17) is 0 Å². The van der Waals surface area contributed by atoms with Crippen LogP contribution in [0.3, 0.4) is 0 Å². The number of nitrogens with zero attached hydrogens (tertiary/aromatic N) is 2. The smallest absolute Gasteiger partial charge is 0.127 e. The Morgan fingerprint density at radius 3 is 2.19 bits per heavy atom. The number of likely N-dealkylation sites (N-methyl/N-ethyl adjacent to an activating group) is 2. The molecule has 0 N–H and O–H groups in total. The average Bonchev–Trinajstić information content (AvgIpc) is 2.24. The van der Waals surface area contributed by atoms with Gasteiger partial charge in [-0.3, -0.25) is 4.90 Å². The van der Waals surface area contributed by atoms with E-state index >= 15 is 0 Å². The molecule has 2 atom stereocenters. The molecule has 96 valence electrons. The molecule has 0 aliphatic rings. The number of hydrogen-bond donors (Lipinski definition) is 0. The van der Waals surface area contributed by atoms with E-state index in [1.165, 1.54) is 0 Å². The van der Waals surface area contributed by atoms with Gasteiger partial charge in [-0.15, -0.1) is 0 Å². The molecule has 0 saturated heterocycles. The quantitative estimate of drug-likeness (QED) is 0.593. The molecule has 0 heterocycles. The largest absolute Gasteiger partial charge is 0.308 e. The molecule has 0 aromatic carbocycles. The van der Waals surface area contributed by atoms with E-state index in [9.17, 15) is 4.79 Å². The first-order valence-electron chi connectivity index (χ1n) is 6.23. The Labute approximate surface area is 101 Å². The van der Waals surface area contributed by atoms with Crippen LogP contribution in [0.25, 0.3) is 0 Å². The van der Waals surface area contributed by atoms with Crippen LogP contribution in [-0.4, -0.2) is 55.9 Å². The van der Waals surface area contributed by atoms with Gasteiger partial charge in [-0.2, -0.15) is 0 Å². The Kier molecular flexibility index (Phi) is 6.84. The molecular formula is C13H28N2O. The molecule has 16 heavy (non-hydrogen) atoms. The van der Waals surface area contributed by atoms with Gasteiger partial charge in [0.05, 0.1) is 0 Å². The van der Waals surface area contributed by atoms with E-state index in [1.54, 1.807) is 0 Å². The Bertz CT molecular complexity index is 206. The molecule has 0 bridgehead atoms. The van der Waals surface area contributed by atoms with Crippen molar-refractivity contribution in [2.45, 2.75) is 40.2 Å². The van der Waals surface area contributed by atoms with Crippen molar-refractivity contribution in [2.24, 2.45) is 5.41 Å². The molecule has 0 aliphatic heterocycles. The fourth-order valence-corrected chi connectivity index (χ4v) is 1.92. The third-order valence-corrected chi connectivity index (χ3v) is 3.32. The first-order valence-corrected chi connectivity index (χ1v) is 6.23. The molecule has 0 aromatic rings. The molecular weight excluding hydrogens is 200 g/mol. The summed E-state index contributed by atoms with van der Waals surface area (Å²) in [5, 5.41) is 0. The molecule has 0 amide bonds. The lowest BCUT2D eigenvalue weighted by Crippen LogP contribution is -2.45. The number of carbonyl (C=O) groups is 1. The van der Waals surface area contributed by atoms with Crippen LogP contribution in [0, 0.1) is 5.41 Å². The van der Waals surface area contributed by atoms with E-state index < -0.39 is 0 Å². The maximum Gasteiger partial charge on any atom is 0.127 e. The van der Waals surface area contributed by atoms with E-state index in [0.717, 1.165) is 32.3 Å². The summed E-state index contributed by atoms with van der Waals surface area (Å²) < 4.78 is 0. The minimum Gasteiger partial charge on any atom is -0.308 e. The Hall–Kier alpha value is -0.410. The summed E-state index contributed by atoms with van der Waals surface area (Å²) in [5.74, 6) is 0. The highest BCUT2D eigenvalue weighted by atomic mass is 16.1. The predicted octanol–water partition coefficient (Wildman–Crippen LogP) is 1.87. The summed E-state index contributed by atoms with van der Waals surface area (Å²) in [7, 11) is 4.17. The van der Waals surface area contributed by atoms with Crippen LogP contribution in [0.2, 0.25) is 0 Å². The minimum absolute atomic E-state index is 0.198. The zero-order chi connectivity index (χ0) is 12.8. The van der Waals surface area contributed by atoms with Crippen molar-refractivity contribution in [1.82, 2.24) is 9.80 Å². The van der Waals surface area contributed by atoms with Gasteiger partial charge in [0.25, 0.3) is 0 Å². The standard InChI is InChI=1S/C13H28N2O/c1-7-13(4,11-16)10-15(8-2)12(3)9-14(5)6/h11-12H,7-10H2,1-6H3. The second kappa shape index (κ2) is 7.02. The van der Waals surface area contributed by atoms with Gasteiger partial charge in [0, 0.05) is 24.5 Å². The van der Waals surface area contributed by atoms with E-state index in [-0.39, 0.29) is 5.41 Å². The summed E-state index contributed by atoms with van der Waals surface area (Å²) in [5.41, 5.74) is -0.198. The van der Waals surface area contributed by atoms with Gasteiger partial charge in [0.2, 0.25) is 0 Å². The molecule has 0 aliphatic carbocycles. The van der Waals surface area contributed by atoms with Crippen LogP contribution in [0.1, 0.15) is 34.1 Å². The van der Waals surface area contributed by atoms with Crippen molar-refractivity contribution < 1.29 is 4.79 Å². The van der Waals surface area contributed by atoms with Crippen LogP contribution >= 0.6 is 0 Å². The van der Waals surface area contributed by atoms with Crippen molar-refractivity contribution in [1.29, 1.82) is 0 Å². The van der Waals surface area contributed by atoms with Crippen LogP contribution in [0.4, 0.5) is 0 Å². The normalized spacial score (nSPS) is 17.5. The van der Waals surface area contributed by atoms with Gasteiger partial charge >= 0.3 is 0 Å². The number of rotatable bonds is 8. The Balaban J connectivity index is 4.44. The molecule has 2 unspecified atom stereocenters. The predicted molar refractivity (Wildman–Crippen MR) is 69.7 cm³/mol. The average molecular weight is 228 g/mol. The third-order valence-electron chi connectivity index (χ3n) is 3.32. The topological polar surface area (TPSA) is 23.6 Å². The fourth-order valence-electron chi connectivity index (χ4n) is 1.92. The van der Waals surface area contributed by atoms with Crippen molar-refractivity contribution in [2.75, 3.05) is 33.7 Å². The molecule has 0 aromatic heterocycles. The highest BCUT2D eigenvalue weighted by molar-refractivity contribution is 5.58. The molecule has 3 heteroatoms. The van der Waals surface area contributed by atoms with Crippen molar-refractivity contribution in [3.8, 4) is 0 Å². The van der Waals surface area contributed by atoms with Crippen LogP contribution < -0.4 is 0 Å². The summed E-state index contributed by atoms with van der Waals surface area (Å²) in [4.78, 5) is 15.7. The molecule has 0 saturated carbocycles. The second-order valence-corrected chi connectivity index (χ2v) is 5.30. The number of carbonyl (C=O) groups excluding carboxylic acids is 1. The van der Waals surface area contributed by atoms with E-state index in [0.29, 0.717) is 6.04 Å². The summed E-state index contributed by atoms with van der Waals surface area (Å²) in [6.07, 6.45) is 2.01. The SMILES string of the molecule is CCN(CC(C)(C=O)CC)C(C)CN(C)C. The summed E-state index contributed by atoms with van der Waals surface area (Å²) in [6, 6.07) is 0.492. The van der Waals surface area contributed by atoms with Crippen molar-refractivity contribution >= 4 is 6.29 Å². The van der Waals surface area contributed by atoms with Gasteiger partial charge in [0.1, 0.15) is 6.29 Å². The first kappa shape index (κ1) is 15.6. The maximum atomic E-state index is 11.1. The van der Waals surface area contributed by atoms with Crippen molar-refractivity contribution in [3.63, 3.8) is 0 Å². The molecule has 0 spiro atoms. The summed E-state index contributed by atoms with van der Waals surface area (Å²) in [6.45, 7) is 11.4.